The summed E-state index contributed by atoms with van der Waals surface area (Å²) in [4.78, 5) is 16.0. The van der Waals surface area contributed by atoms with Crippen LogP contribution in [0.5, 0.6) is 0 Å². The first-order chi connectivity index (χ1) is 8.27. The van der Waals surface area contributed by atoms with E-state index in [4.69, 9.17) is 0 Å². The lowest BCUT2D eigenvalue weighted by Gasteiger charge is -2.24. The van der Waals surface area contributed by atoms with Crippen LogP contribution in [0.2, 0.25) is 0 Å². The summed E-state index contributed by atoms with van der Waals surface area (Å²) < 4.78 is 0. The predicted octanol–water partition coefficient (Wildman–Crippen LogP) is 1.26. The van der Waals surface area contributed by atoms with Gasteiger partial charge in [0.2, 0.25) is 5.91 Å². The number of nitrogens with one attached hydrogen (secondary N) is 2. The van der Waals surface area contributed by atoms with E-state index in [2.05, 4.69) is 15.6 Å². The van der Waals surface area contributed by atoms with E-state index >= 15 is 0 Å². The molecule has 0 aromatic carbocycles. The summed E-state index contributed by atoms with van der Waals surface area (Å²) in [5.74, 6) is 0.273. The Balaban J connectivity index is 1.89. The van der Waals surface area contributed by atoms with E-state index < -0.39 is 0 Å². The minimum absolute atomic E-state index is 0.0485. The van der Waals surface area contributed by atoms with Crippen LogP contribution in [0.25, 0.3) is 0 Å². The molecular weight excluding hydrogens is 214 g/mol. The van der Waals surface area contributed by atoms with Crippen LogP contribution in [0, 0.1) is 5.92 Å². The van der Waals surface area contributed by atoms with Crippen LogP contribution in [0.15, 0.2) is 24.5 Å². The van der Waals surface area contributed by atoms with Crippen molar-refractivity contribution in [2.24, 2.45) is 5.92 Å². The lowest BCUT2D eigenvalue weighted by molar-refractivity contribution is -0.126. The van der Waals surface area contributed by atoms with Crippen molar-refractivity contribution in [1.82, 2.24) is 15.6 Å². The molecule has 1 aromatic rings. The zero-order chi connectivity index (χ0) is 12.1. The molecule has 0 unspecified atom stereocenters. The van der Waals surface area contributed by atoms with Crippen molar-refractivity contribution in [2.45, 2.75) is 25.8 Å². The molecule has 92 valence electrons. The molecule has 0 aliphatic carbocycles. The average Bonchev–Trinajstić information content (AvgIpc) is 2.40. The van der Waals surface area contributed by atoms with Gasteiger partial charge in [0, 0.05) is 18.9 Å². The summed E-state index contributed by atoms with van der Waals surface area (Å²) in [6, 6.07) is 3.92. The fraction of sp³-hybridized carbons (Fsp3) is 0.538. The Bertz CT molecular complexity index is 360. The van der Waals surface area contributed by atoms with Gasteiger partial charge in [-0.05, 0) is 44.0 Å². The summed E-state index contributed by atoms with van der Waals surface area (Å²) in [7, 11) is 0. The van der Waals surface area contributed by atoms with Gasteiger partial charge in [-0.1, -0.05) is 0 Å². The molecule has 1 aliphatic rings. The van der Waals surface area contributed by atoms with E-state index in [1.165, 1.54) is 0 Å². The largest absolute Gasteiger partial charge is 0.349 e. The van der Waals surface area contributed by atoms with Gasteiger partial charge >= 0.3 is 0 Å². The highest BCUT2D eigenvalue weighted by Gasteiger charge is 2.22. The van der Waals surface area contributed by atoms with Crippen molar-refractivity contribution in [1.29, 1.82) is 0 Å². The Morgan fingerprint density at radius 1 is 1.53 bits per heavy atom. The minimum atomic E-state index is 0.0485. The third kappa shape index (κ3) is 3.27. The Morgan fingerprint density at radius 2 is 2.29 bits per heavy atom. The molecule has 2 N–H and O–H groups in total. The second-order valence-electron chi connectivity index (χ2n) is 4.55. The highest BCUT2D eigenvalue weighted by Crippen LogP contribution is 2.14. The van der Waals surface area contributed by atoms with Crippen molar-refractivity contribution in [3.63, 3.8) is 0 Å². The predicted molar refractivity (Wildman–Crippen MR) is 66.4 cm³/mol. The van der Waals surface area contributed by atoms with Gasteiger partial charge in [-0.25, -0.2) is 0 Å². The normalized spacial score (nSPS) is 21.8. The first kappa shape index (κ1) is 12.0. The number of hydrogen-bond donors (Lipinski definition) is 2. The number of carbonyl (C=O) groups is 1. The van der Waals surface area contributed by atoms with Crippen LogP contribution in [-0.4, -0.2) is 24.0 Å². The van der Waals surface area contributed by atoms with E-state index in [9.17, 15) is 4.79 Å². The molecule has 2 rings (SSSR count). The van der Waals surface area contributed by atoms with Crippen molar-refractivity contribution in [3.05, 3.63) is 30.1 Å². The van der Waals surface area contributed by atoms with Gasteiger partial charge in [-0.3, -0.25) is 9.78 Å². The van der Waals surface area contributed by atoms with E-state index in [-0.39, 0.29) is 17.9 Å². The van der Waals surface area contributed by atoms with Gasteiger partial charge in [0.05, 0.1) is 12.0 Å². The second-order valence-corrected chi connectivity index (χ2v) is 4.55. The van der Waals surface area contributed by atoms with Crippen LogP contribution in [0.4, 0.5) is 0 Å². The number of rotatable bonds is 3. The number of hydrogen-bond acceptors (Lipinski definition) is 3. The highest BCUT2D eigenvalue weighted by atomic mass is 16.1. The number of nitrogens with zero attached hydrogens (tertiary/aromatic N) is 1. The molecule has 0 radical (unpaired) electrons. The summed E-state index contributed by atoms with van der Waals surface area (Å²) in [5.41, 5.74) is 1.09. The zero-order valence-electron chi connectivity index (χ0n) is 10.1. The Hall–Kier alpha value is -1.42. The number of carbonyl (C=O) groups excluding carboxylic acids is 1. The summed E-state index contributed by atoms with van der Waals surface area (Å²) in [6.45, 7) is 3.84. The third-order valence-corrected chi connectivity index (χ3v) is 3.23. The molecule has 17 heavy (non-hydrogen) atoms. The third-order valence-electron chi connectivity index (χ3n) is 3.23. The zero-order valence-corrected chi connectivity index (χ0v) is 10.1. The summed E-state index contributed by atoms with van der Waals surface area (Å²) in [6.07, 6.45) is 5.57. The number of pyridine rings is 1. The molecule has 1 aliphatic heterocycles. The smallest absolute Gasteiger partial charge is 0.224 e. The first-order valence-corrected chi connectivity index (χ1v) is 6.18. The van der Waals surface area contributed by atoms with Crippen molar-refractivity contribution < 1.29 is 4.79 Å². The maximum absolute atomic E-state index is 12.0. The van der Waals surface area contributed by atoms with E-state index in [0.717, 1.165) is 31.5 Å². The van der Waals surface area contributed by atoms with Crippen LogP contribution >= 0.6 is 0 Å². The lowest BCUT2D eigenvalue weighted by atomic mass is 9.98. The molecule has 0 bridgehead atoms. The Labute approximate surface area is 102 Å². The van der Waals surface area contributed by atoms with E-state index in [1.54, 1.807) is 12.4 Å². The van der Waals surface area contributed by atoms with E-state index in [1.807, 2.05) is 19.1 Å². The maximum atomic E-state index is 12.0. The van der Waals surface area contributed by atoms with Gasteiger partial charge in [0.15, 0.2) is 0 Å². The molecule has 2 atom stereocenters. The SMILES string of the molecule is C[C@@H](NC(=O)[C@H]1CCCNC1)c1ccncc1. The number of amides is 1. The monoisotopic (exact) mass is 233 g/mol. The summed E-state index contributed by atoms with van der Waals surface area (Å²) in [5, 5.41) is 6.32. The van der Waals surface area contributed by atoms with Crippen LogP contribution in [0.1, 0.15) is 31.4 Å². The molecule has 4 heteroatoms. The maximum Gasteiger partial charge on any atom is 0.224 e. The first-order valence-electron chi connectivity index (χ1n) is 6.18. The second kappa shape index (κ2) is 5.77. The summed E-state index contributed by atoms with van der Waals surface area (Å²) >= 11 is 0. The molecule has 4 nitrogen and oxygen atoms in total. The van der Waals surface area contributed by atoms with Gasteiger partial charge in [-0.2, -0.15) is 0 Å². The molecule has 1 fully saturated rings. The van der Waals surface area contributed by atoms with Gasteiger partial charge in [0.1, 0.15) is 0 Å². The van der Waals surface area contributed by atoms with Crippen molar-refractivity contribution in [3.8, 4) is 0 Å². The Morgan fingerprint density at radius 3 is 2.94 bits per heavy atom. The highest BCUT2D eigenvalue weighted by molar-refractivity contribution is 5.79. The molecule has 1 amide bonds. The lowest BCUT2D eigenvalue weighted by Crippen LogP contribution is -2.41. The standard InChI is InChI=1S/C13H19N3O/c1-10(11-4-7-14-8-5-11)16-13(17)12-3-2-6-15-9-12/h4-5,7-8,10,12,15H,2-3,6,9H2,1H3,(H,16,17)/t10-,12+/m1/s1. The van der Waals surface area contributed by atoms with Gasteiger partial charge < -0.3 is 10.6 Å². The van der Waals surface area contributed by atoms with Crippen molar-refractivity contribution >= 4 is 5.91 Å². The average molecular weight is 233 g/mol. The molecule has 1 aromatic heterocycles. The minimum Gasteiger partial charge on any atom is -0.349 e. The number of aromatic nitrogens is 1. The molecular formula is C13H19N3O. The topological polar surface area (TPSA) is 54.0 Å². The molecule has 1 saturated heterocycles. The number of piperidine rings is 1. The quantitative estimate of drug-likeness (QED) is 0.826. The van der Waals surface area contributed by atoms with Crippen LogP contribution in [-0.2, 0) is 4.79 Å². The van der Waals surface area contributed by atoms with Gasteiger partial charge in [0.25, 0.3) is 0 Å². The molecule has 0 spiro atoms. The van der Waals surface area contributed by atoms with Crippen LogP contribution in [0.3, 0.4) is 0 Å². The van der Waals surface area contributed by atoms with E-state index in [0.29, 0.717) is 0 Å². The fourth-order valence-corrected chi connectivity index (χ4v) is 2.14. The molecule has 0 saturated carbocycles. The van der Waals surface area contributed by atoms with Crippen LogP contribution < -0.4 is 10.6 Å². The Kier molecular flexibility index (Phi) is 4.09. The van der Waals surface area contributed by atoms with Gasteiger partial charge in [-0.15, -0.1) is 0 Å². The molecule has 2 heterocycles. The fourth-order valence-electron chi connectivity index (χ4n) is 2.14. The van der Waals surface area contributed by atoms with Crippen molar-refractivity contribution in [2.75, 3.05) is 13.1 Å².